The van der Waals surface area contributed by atoms with E-state index in [-0.39, 0.29) is 5.75 Å². The van der Waals surface area contributed by atoms with Gasteiger partial charge in [0.25, 0.3) is 0 Å². The van der Waals surface area contributed by atoms with E-state index in [2.05, 4.69) is 0 Å². The smallest absolute Gasteiger partial charge is 0.166 e. The number of hydrogen-bond acceptors (Lipinski definition) is 1. The lowest BCUT2D eigenvalue weighted by Gasteiger charge is -2.03. The largest absolute Gasteiger partial charge is 0.491 e. The van der Waals surface area contributed by atoms with Crippen molar-refractivity contribution in [2.45, 2.75) is 6.92 Å². The zero-order chi connectivity index (χ0) is 8.27. The Morgan fingerprint density at radius 3 is 2.82 bits per heavy atom. The van der Waals surface area contributed by atoms with Crippen LogP contribution in [-0.2, 0) is 0 Å². The molecule has 0 heterocycles. The summed E-state index contributed by atoms with van der Waals surface area (Å²) in [6.07, 6.45) is 0. The van der Waals surface area contributed by atoms with Crippen molar-refractivity contribution >= 4 is 11.6 Å². The van der Waals surface area contributed by atoms with Gasteiger partial charge in [0.1, 0.15) is 0 Å². The Bertz CT molecular complexity index is 250. The van der Waals surface area contributed by atoms with Crippen LogP contribution in [0.15, 0.2) is 18.2 Å². The summed E-state index contributed by atoms with van der Waals surface area (Å²) in [6.45, 7) is 2.26. The molecule has 0 aliphatic rings. The Kier molecular flexibility index (Phi) is 2.71. The second kappa shape index (κ2) is 3.58. The van der Waals surface area contributed by atoms with Crippen LogP contribution in [-0.4, -0.2) is 6.61 Å². The second-order valence-electron chi connectivity index (χ2n) is 2.01. The first-order valence-corrected chi connectivity index (χ1v) is 3.69. The SMILES string of the molecule is CCOc1ccc(Cl)cc1F. The predicted molar refractivity (Wildman–Crippen MR) is 42.6 cm³/mol. The van der Waals surface area contributed by atoms with Gasteiger partial charge in [-0.2, -0.15) is 0 Å². The van der Waals surface area contributed by atoms with Crippen molar-refractivity contribution in [2.24, 2.45) is 0 Å². The van der Waals surface area contributed by atoms with Gasteiger partial charge in [-0.25, -0.2) is 4.39 Å². The summed E-state index contributed by atoms with van der Waals surface area (Å²) in [4.78, 5) is 0. The first-order valence-electron chi connectivity index (χ1n) is 3.32. The molecule has 60 valence electrons. The number of ether oxygens (including phenoxy) is 1. The Hall–Kier alpha value is -0.760. The number of benzene rings is 1. The van der Waals surface area contributed by atoms with Crippen LogP contribution in [0.3, 0.4) is 0 Å². The maximum absolute atomic E-state index is 12.8. The van der Waals surface area contributed by atoms with Crippen LogP contribution in [0.4, 0.5) is 4.39 Å². The molecule has 1 rings (SSSR count). The molecule has 0 bridgehead atoms. The molecule has 0 saturated heterocycles. The molecule has 1 aromatic carbocycles. The molecule has 0 fully saturated rings. The zero-order valence-electron chi connectivity index (χ0n) is 6.10. The van der Waals surface area contributed by atoms with Crippen LogP contribution in [0, 0.1) is 5.82 Å². The van der Waals surface area contributed by atoms with Gasteiger partial charge in [-0.3, -0.25) is 0 Å². The Morgan fingerprint density at radius 2 is 2.27 bits per heavy atom. The molecule has 0 unspecified atom stereocenters. The average Bonchev–Trinajstić information content (AvgIpc) is 1.95. The van der Waals surface area contributed by atoms with E-state index in [1.165, 1.54) is 12.1 Å². The molecule has 0 spiro atoms. The van der Waals surface area contributed by atoms with Crippen molar-refractivity contribution < 1.29 is 9.13 Å². The van der Waals surface area contributed by atoms with Gasteiger partial charge in [0.2, 0.25) is 0 Å². The van der Waals surface area contributed by atoms with Crippen LogP contribution in [0.25, 0.3) is 0 Å². The third kappa shape index (κ3) is 2.09. The minimum Gasteiger partial charge on any atom is -0.491 e. The van der Waals surface area contributed by atoms with Crippen molar-refractivity contribution in [1.29, 1.82) is 0 Å². The van der Waals surface area contributed by atoms with Gasteiger partial charge >= 0.3 is 0 Å². The molecular weight excluding hydrogens is 167 g/mol. The Labute approximate surface area is 69.7 Å². The molecule has 1 nitrogen and oxygen atoms in total. The summed E-state index contributed by atoms with van der Waals surface area (Å²) in [6, 6.07) is 4.34. The van der Waals surface area contributed by atoms with Gasteiger partial charge < -0.3 is 4.74 Å². The van der Waals surface area contributed by atoms with Crippen LogP contribution >= 0.6 is 11.6 Å². The zero-order valence-corrected chi connectivity index (χ0v) is 6.86. The van der Waals surface area contributed by atoms with Crippen molar-refractivity contribution in [3.63, 3.8) is 0 Å². The van der Waals surface area contributed by atoms with Crippen LogP contribution in [0.2, 0.25) is 5.02 Å². The van der Waals surface area contributed by atoms with Crippen molar-refractivity contribution in [3.8, 4) is 5.75 Å². The molecule has 0 radical (unpaired) electrons. The van der Waals surface area contributed by atoms with E-state index < -0.39 is 5.82 Å². The Balaban J connectivity index is 2.90. The highest BCUT2D eigenvalue weighted by Crippen LogP contribution is 2.20. The highest BCUT2D eigenvalue weighted by molar-refractivity contribution is 6.30. The second-order valence-corrected chi connectivity index (χ2v) is 2.44. The first-order chi connectivity index (χ1) is 5.24. The topological polar surface area (TPSA) is 9.23 Å². The van der Waals surface area contributed by atoms with Gasteiger partial charge in [0, 0.05) is 5.02 Å². The molecule has 0 atom stereocenters. The lowest BCUT2D eigenvalue weighted by molar-refractivity contribution is 0.321. The number of hydrogen-bond donors (Lipinski definition) is 0. The molecule has 11 heavy (non-hydrogen) atoms. The minimum atomic E-state index is -0.417. The molecule has 0 amide bonds. The highest BCUT2D eigenvalue weighted by atomic mass is 35.5. The maximum atomic E-state index is 12.8. The third-order valence-electron chi connectivity index (χ3n) is 1.19. The van der Waals surface area contributed by atoms with Crippen LogP contribution in [0.1, 0.15) is 6.92 Å². The van der Waals surface area contributed by atoms with Gasteiger partial charge in [-0.15, -0.1) is 0 Å². The molecular formula is C8H8ClFO. The van der Waals surface area contributed by atoms with E-state index in [0.717, 1.165) is 0 Å². The molecule has 0 saturated carbocycles. The van der Waals surface area contributed by atoms with Crippen molar-refractivity contribution in [3.05, 3.63) is 29.0 Å². The van der Waals surface area contributed by atoms with E-state index in [1.807, 2.05) is 0 Å². The molecule has 1 aromatic rings. The van der Waals surface area contributed by atoms with E-state index in [9.17, 15) is 4.39 Å². The van der Waals surface area contributed by atoms with E-state index >= 15 is 0 Å². The highest BCUT2D eigenvalue weighted by Gasteiger charge is 2.01. The van der Waals surface area contributed by atoms with Gasteiger partial charge in [-0.1, -0.05) is 11.6 Å². The standard InChI is InChI=1S/C8H8ClFO/c1-2-11-8-4-3-6(9)5-7(8)10/h3-5H,2H2,1H3. The summed E-state index contributed by atoms with van der Waals surface area (Å²) in [5.74, 6) is -0.170. The molecule has 0 N–H and O–H groups in total. The lowest BCUT2D eigenvalue weighted by atomic mass is 10.3. The quantitative estimate of drug-likeness (QED) is 0.670. The molecule has 0 aromatic heterocycles. The first kappa shape index (κ1) is 8.34. The summed E-state index contributed by atoms with van der Waals surface area (Å²) in [5.41, 5.74) is 0. The van der Waals surface area contributed by atoms with Crippen LogP contribution in [0.5, 0.6) is 5.75 Å². The van der Waals surface area contributed by atoms with Crippen LogP contribution < -0.4 is 4.74 Å². The average molecular weight is 175 g/mol. The van der Waals surface area contributed by atoms with E-state index in [1.54, 1.807) is 13.0 Å². The van der Waals surface area contributed by atoms with Gasteiger partial charge in [-0.05, 0) is 25.1 Å². The monoisotopic (exact) mass is 174 g/mol. The number of rotatable bonds is 2. The summed E-state index contributed by atoms with van der Waals surface area (Å²) < 4.78 is 17.8. The van der Waals surface area contributed by atoms with Crippen molar-refractivity contribution in [2.75, 3.05) is 6.61 Å². The van der Waals surface area contributed by atoms with Gasteiger partial charge in [0.05, 0.1) is 6.61 Å². The third-order valence-corrected chi connectivity index (χ3v) is 1.43. The molecule has 3 heteroatoms. The molecule has 0 aliphatic carbocycles. The van der Waals surface area contributed by atoms with E-state index in [0.29, 0.717) is 11.6 Å². The fourth-order valence-corrected chi connectivity index (χ4v) is 0.907. The van der Waals surface area contributed by atoms with E-state index in [4.69, 9.17) is 16.3 Å². The van der Waals surface area contributed by atoms with Gasteiger partial charge in [0.15, 0.2) is 11.6 Å². The lowest BCUT2D eigenvalue weighted by Crippen LogP contribution is -1.93. The minimum absolute atomic E-state index is 0.247. The Morgan fingerprint density at radius 1 is 1.55 bits per heavy atom. The molecule has 0 aliphatic heterocycles. The predicted octanol–water partition coefficient (Wildman–Crippen LogP) is 2.88. The fourth-order valence-electron chi connectivity index (χ4n) is 0.748. The maximum Gasteiger partial charge on any atom is 0.166 e. The van der Waals surface area contributed by atoms with Crippen molar-refractivity contribution in [1.82, 2.24) is 0 Å². The summed E-state index contributed by atoms with van der Waals surface area (Å²) in [5, 5.41) is 0.381. The number of halogens is 2. The normalized spacial score (nSPS) is 9.73. The fraction of sp³-hybridized carbons (Fsp3) is 0.250. The summed E-state index contributed by atoms with van der Waals surface area (Å²) in [7, 11) is 0. The summed E-state index contributed by atoms with van der Waals surface area (Å²) >= 11 is 5.52.